The van der Waals surface area contributed by atoms with E-state index in [-0.39, 0.29) is 27.9 Å². The molecule has 0 spiro atoms. The number of halogens is 3. The average Bonchev–Trinajstić information content (AvgIpc) is 2.97. The second-order valence-corrected chi connectivity index (χ2v) is 5.51. The van der Waals surface area contributed by atoms with E-state index in [2.05, 4.69) is 10.2 Å². The van der Waals surface area contributed by atoms with Gasteiger partial charge in [-0.05, 0) is 18.6 Å². The zero-order valence-electron chi connectivity index (χ0n) is 12.8. The van der Waals surface area contributed by atoms with Crippen LogP contribution in [-0.2, 0) is 6.18 Å². The number of carbonyl (C=O) groups is 1. The molecule has 2 amide bonds. The molecule has 0 saturated heterocycles. The summed E-state index contributed by atoms with van der Waals surface area (Å²) in [6.07, 6.45) is -4.67. The molecule has 0 radical (unpaired) electrons. The molecule has 0 aliphatic heterocycles. The van der Waals surface area contributed by atoms with Crippen molar-refractivity contribution in [2.75, 3.05) is 19.1 Å². The predicted molar refractivity (Wildman–Crippen MR) is 80.9 cm³/mol. The van der Waals surface area contributed by atoms with Gasteiger partial charge < -0.3 is 15.2 Å². The third kappa shape index (κ3) is 3.35. The third-order valence-electron chi connectivity index (χ3n) is 3.01. The maximum absolute atomic E-state index is 12.7. The minimum absolute atomic E-state index is 0.133. The van der Waals surface area contributed by atoms with Gasteiger partial charge in [0.2, 0.25) is 10.1 Å². The van der Waals surface area contributed by atoms with Crippen molar-refractivity contribution >= 4 is 28.2 Å². The van der Waals surface area contributed by atoms with Crippen LogP contribution in [0.4, 0.5) is 28.8 Å². The standard InChI is InChI=1S/C13H13F3N4O3S/c1-6-4-7(9(23-3)5-8(6)22-2)20(11(17)21)12-19-18-10(24-12)13(14,15)16/h4-5H,1-3H3,(H2,17,21). The number of nitrogens with two attached hydrogens (primary N) is 1. The highest BCUT2D eigenvalue weighted by atomic mass is 32.1. The quantitative estimate of drug-likeness (QED) is 0.902. The Bertz CT molecular complexity index is 763. The Hall–Kier alpha value is -2.56. The van der Waals surface area contributed by atoms with E-state index in [9.17, 15) is 18.0 Å². The number of hydrogen-bond acceptors (Lipinski definition) is 6. The number of ether oxygens (including phenoxy) is 2. The van der Waals surface area contributed by atoms with Gasteiger partial charge in [-0.25, -0.2) is 9.69 Å². The average molecular weight is 362 g/mol. The number of rotatable bonds is 4. The van der Waals surface area contributed by atoms with E-state index in [1.165, 1.54) is 26.4 Å². The van der Waals surface area contributed by atoms with Crippen molar-refractivity contribution < 1.29 is 27.4 Å². The van der Waals surface area contributed by atoms with Crippen molar-refractivity contribution in [2.24, 2.45) is 5.73 Å². The smallest absolute Gasteiger partial charge is 0.445 e. The molecule has 1 aromatic heterocycles. The van der Waals surface area contributed by atoms with Gasteiger partial charge in [-0.1, -0.05) is 11.3 Å². The fourth-order valence-corrected chi connectivity index (χ4v) is 2.68. The van der Waals surface area contributed by atoms with Crippen molar-refractivity contribution in [2.45, 2.75) is 13.1 Å². The number of methoxy groups -OCH3 is 2. The Morgan fingerprint density at radius 1 is 1.21 bits per heavy atom. The van der Waals surface area contributed by atoms with E-state index < -0.39 is 17.2 Å². The van der Waals surface area contributed by atoms with Gasteiger partial charge in [0, 0.05) is 6.07 Å². The lowest BCUT2D eigenvalue weighted by molar-refractivity contribution is -0.138. The van der Waals surface area contributed by atoms with Crippen molar-refractivity contribution in [3.05, 3.63) is 22.7 Å². The molecule has 0 aliphatic rings. The van der Waals surface area contributed by atoms with E-state index in [0.29, 0.717) is 11.3 Å². The number of primary amides is 1. The van der Waals surface area contributed by atoms with Gasteiger partial charge in [0.25, 0.3) is 0 Å². The highest BCUT2D eigenvalue weighted by molar-refractivity contribution is 7.15. The van der Waals surface area contributed by atoms with Gasteiger partial charge in [0.1, 0.15) is 11.5 Å². The summed E-state index contributed by atoms with van der Waals surface area (Å²) in [4.78, 5) is 12.6. The highest BCUT2D eigenvalue weighted by Crippen LogP contribution is 2.41. The Morgan fingerprint density at radius 3 is 2.29 bits per heavy atom. The summed E-state index contributed by atoms with van der Waals surface area (Å²) in [6, 6.07) is 1.96. The molecule has 1 aromatic carbocycles. The van der Waals surface area contributed by atoms with Crippen LogP contribution < -0.4 is 20.1 Å². The van der Waals surface area contributed by atoms with Crippen LogP contribution in [0.25, 0.3) is 0 Å². The molecular weight excluding hydrogens is 349 g/mol. The normalized spacial score (nSPS) is 11.2. The van der Waals surface area contributed by atoms with Crippen LogP contribution in [0.1, 0.15) is 10.6 Å². The lowest BCUT2D eigenvalue weighted by atomic mass is 10.1. The molecule has 7 nitrogen and oxygen atoms in total. The molecule has 0 aliphatic carbocycles. The van der Waals surface area contributed by atoms with Crippen molar-refractivity contribution in [1.82, 2.24) is 10.2 Å². The Balaban J connectivity index is 2.58. The van der Waals surface area contributed by atoms with E-state index in [4.69, 9.17) is 15.2 Å². The molecule has 130 valence electrons. The van der Waals surface area contributed by atoms with Gasteiger partial charge in [-0.2, -0.15) is 13.2 Å². The van der Waals surface area contributed by atoms with Crippen LogP contribution in [0.15, 0.2) is 12.1 Å². The molecule has 2 N–H and O–H groups in total. The Labute approximate surface area is 138 Å². The molecule has 0 fully saturated rings. The molecule has 0 saturated carbocycles. The third-order valence-corrected chi connectivity index (χ3v) is 3.96. The number of anilines is 2. The first-order valence-corrected chi connectivity index (χ1v) is 7.23. The van der Waals surface area contributed by atoms with Gasteiger partial charge in [0.05, 0.1) is 19.9 Å². The summed E-state index contributed by atoms with van der Waals surface area (Å²) in [5.74, 6) is 0.660. The van der Waals surface area contributed by atoms with Crippen LogP contribution in [0.2, 0.25) is 0 Å². The van der Waals surface area contributed by atoms with E-state index in [1.807, 2.05) is 0 Å². The van der Waals surface area contributed by atoms with E-state index in [0.717, 1.165) is 4.90 Å². The number of amides is 2. The maximum atomic E-state index is 12.7. The molecular formula is C13H13F3N4O3S. The number of aromatic nitrogens is 2. The summed E-state index contributed by atoms with van der Waals surface area (Å²) in [7, 11) is 2.79. The number of carbonyl (C=O) groups excluding carboxylic acids is 1. The zero-order valence-corrected chi connectivity index (χ0v) is 13.7. The van der Waals surface area contributed by atoms with Crippen LogP contribution in [0.3, 0.4) is 0 Å². The molecule has 0 atom stereocenters. The lowest BCUT2D eigenvalue weighted by Gasteiger charge is -2.21. The molecule has 0 unspecified atom stereocenters. The van der Waals surface area contributed by atoms with Gasteiger partial charge in [-0.15, -0.1) is 10.2 Å². The fourth-order valence-electron chi connectivity index (χ4n) is 1.95. The first kappa shape index (κ1) is 17.8. The van der Waals surface area contributed by atoms with Crippen LogP contribution in [-0.4, -0.2) is 30.4 Å². The maximum Gasteiger partial charge on any atom is 0.445 e. The largest absolute Gasteiger partial charge is 0.496 e. The van der Waals surface area contributed by atoms with Crippen molar-refractivity contribution in [3.8, 4) is 11.5 Å². The lowest BCUT2D eigenvalue weighted by Crippen LogP contribution is -2.31. The predicted octanol–water partition coefficient (Wildman–Crippen LogP) is 3.10. The Kier molecular flexibility index (Phi) is 4.83. The van der Waals surface area contributed by atoms with Crippen molar-refractivity contribution in [1.29, 1.82) is 0 Å². The molecule has 11 heteroatoms. The first-order chi connectivity index (χ1) is 11.2. The van der Waals surface area contributed by atoms with E-state index in [1.54, 1.807) is 6.92 Å². The monoisotopic (exact) mass is 362 g/mol. The molecule has 24 heavy (non-hydrogen) atoms. The summed E-state index contributed by atoms with van der Waals surface area (Å²) in [5, 5.41) is 4.96. The molecule has 2 rings (SSSR count). The van der Waals surface area contributed by atoms with Gasteiger partial charge in [-0.3, -0.25) is 0 Å². The number of benzene rings is 1. The molecule has 1 heterocycles. The summed E-state index contributed by atoms with van der Waals surface area (Å²) < 4.78 is 48.4. The topological polar surface area (TPSA) is 90.6 Å². The van der Waals surface area contributed by atoms with Crippen LogP contribution in [0.5, 0.6) is 11.5 Å². The van der Waals surface area contributed by atoms with Gasteiger partial charge in [0.15, 0.2) is 0 Å². The van der Waals surface area contributed by atoms with E-state index >= 15 is 0 Å². The first-order valence-electron chi connectivity index (χ1n) is 6.42. The second-order valence-electron chi connectivity index (χ2n) is 4.55. The van der Waals surface area contributed by atoms with Gasteiger partial charge >= 0.3 is 12.2 Å². The second kappa shape index (κ2) is 6.51. The SMILES string of the molecule is COc1cc(OC)c(N(C(N)=O)c2nnc(C(F)(F)F)s2)cc1C. The summed E-state index contributed by atoms with van der Waals surface area (Å²) in [5.41, 5.74) is 6.08. The Morgan fingerprint density at radius 2 is 1.83 bits per heavy atom. The minimum atomic E-state index is -4.67. The number of nitrogens with zero attached hydrogens (tertiary/aromatic N) is 3. The van der Waals surface area contributed by atoms with Crippen LogP contribution >= 0.6 is 11.3 Å². The molecule has 0 bridgehead atoms. The summed E-state index contributed by atoms with van der Waals surface area (Å²) >= 11 is 0.197. The molecule has 2 aromatic rings. The highest BCUT2D eigenvalue weighted by Gasteiger charge is 2.37. The zero-order chi connectivity index (χ0) is 18.1. The summed E-state index contributed by atoms with van der Waals surface area (Å²) in [6.45, 7) is 1.70. The number of hydrogen-bond donors (Lipinski definition) is 1. The van der Waals surface area contributed by atoms with Crippen LogP contribution in [0, 0.1) is 6.92 Å². The minimum Gasteiger partial charge on any atom is -0.496 e. The number of urea groups is 1. The number of aryl methyl sites for hydroxylation is 1. The van der Waals surface area contributed by atoms with Crippen molar-refractivity contribution in [3.63, 3.8) is 0 Å². The number of alkyl halides is 3. The fraction of sp³-hybridized carbons (Fsp3) is 0.308.